The molecule has 2 aromatic heterocycles. The Labute approximate surface area is 192 Å². The largest absolute Gasteiger partial charge is 0.391 e. The molecule has 4 rings (SSSR count). The minimum atomic E-state index is -0.402. The number of anilines is 1. The number of aliphatic hydroxyl groups excluding tert-OH is 1. The van der Waals surface area contributed by atoms with E-state index in [1.807, 2.05) is 12.3 Å². The summed E-state index contributed by atoms with van der Waals surface area (Å²) in [4.78, 5) is 11.1. The summed E-state index contributed by atoms with van der Waals surface area (Å²) < 4.78 is 2.96. The summed E-state index contributed by atoms with van der Waals surface area (Å²) in [5.74, 6) is 1.86. The molecule has 2 fully saturated rings. The number of aliphatic hydroxyl groups is 1. The smallest absolute Gasteiger partial charge is 0.146 e. The van der Waals surface area contributed by atoms with E-state index in [9.17, 15) is 5.11 Å². The average Bonchev–Trinajstić information content (AvgIpc) is 3.20. The number of hydrogen-bond acceptors (Lipinski definition) is 6. The predicted octanol–water partition coefficient (Wildman–Crippen LogP) is 2.99. The monoisotopic (exact) mass is 488 g/mol. The highest BCUT2D eigenvalue weighted by molar-refractivity contribution is 9.10. The molecule has 31 heavy (non-hydrogen) atoms. The van der Waals surface area contributed by atoms with Gasteiger partial charge in [-0.25, -0.2) is 9.97 Å². The van der Waals surface area contributed by atoms with Crippen molar-refractivity contribution in [2.45, 2.75) is 31.9 Å². The fourth-order valence-electron chi connectivity index (χ4n) is 5.07. The Bertz CT molecular complexity index is 953. The summed E-state index contributed by atoms with van der Waals surface area (Å²) in [5.41, 5.74) is 7.92. The van der Waals surface area contributed by atoms with Gasteiger partial charge in [-0.2, -0.15) is 0 Å². The Morgan fingerprint density at radius 3 is 2.94 bits per heavy atom. The molecule has 0 spiro atoms. The Morgan fingerprint density at radius 1 is 1.42 bits per heavy atom. The number of nitrogens with one attached hydrogen (secondary N) is 1. The number of hydrogen-bond donors (Lipinski definition) is 3. The van der Waals surface area contributed by atoms with Crippen LogP contribution >= 0.6 is 15.9 Å². The summed E-state index contributed by atoms with van der Waals surface area (Å²) in [6.07, 6.45) is 6.80. The number of halogens is 1. The molecule has 0 aromatic carbocycles. The highest BCUT2D eigenvalue weighted by Gasteiger charge is 2.43. The van der Waals surface area contributed by atoms with E-state index >= 15 is 0 Å². The second kappa shape index (κ2) is 9.40. The number of nitrogens with zero attached hydrogens (tertiary/aromatic N) is 4. The lowest BCUT2D eigenvalue weighted by atomic mass is 9.92. The minimum absolute atomic E-state index is 0.000186. The second-order valence-corrected chi connectivity index (χ2v) is 10.0. The zero-order chi connectivity index (χ0) is 22.1. The van der Waals surface area contributed by atoms with Gasteiger partial charge in [0.2, 0.25) is 0 Å². The molecular weight excluding hydrogens is 456 g/mol. The van der Waals surface area contributed by atoms with Crippen LogP contribution in [0.2, 0.25) is 0 Å². The molecule has 7 nitrogen and oxygen atoms in total. The summed E-state index contributed by atoms with van der Waals surface area (Å²) >= 11 is 3.58. The van der Waals surface area contributed by atoms with Crippen LogP contribution < -0.4 is 11.1 Å². The first-order valence-corrected chi connectivity index (χ1v) is 11.9. The zero-order valence-corrected chi connectivity index (χ0v) is 19.8. The highest BCUT2D eigenvalue weighted by Crippen LogP contribution is 2.43. The van der Waals surface area contributed by atoms with Gasteiger partial charge in [0, 0.05) is 36.8 Å². The summed E-state index contributed by atoms with van der Waals surface area (Å²) in [6, 6.07) is -0.000186. The third kappa shape index (κ3) is 4.58. The maximum atomic E-state index is 11.0. The van der Waals surface area contributed by atoms with Gasteiger partial charge in [-0.05, 0) is 53.1 Å². The molecule has 1 saturated heterocycles. The standard InChI is InChI=1S/C23H33BrN6O/c1-4-14(2)5-6-26-8-16-9-29(10-16)11-17-7-19(21(31)15(17)3)30-12-18(24)20-22(25)27-13-28-23(20)30/h4,12-13,15-17,19,21,26,31H,1-2,5-11H2,3H3,(H2,25,27,28)/t15-,17-,19-,21-/m1/s1. The van der Waals surface area contributed by atoms with Gasteiger partial charge in [0.1, 0.15) is 17.8 Å². The Hall–Kier alpha value is -1.74. The number of rotatable bonds is 9. The van der Waals surface area contributed by atoms with Crippen LogP contribution in [0.1, 0.15) is 25.8 Å². The molecule has 1 saturated carbocycles. The van der Waals surface area contributed by atoms with Crippen molar-refractivity contribution in [1.29, 1.82) is 0 Å². The van der Waals surface area contributed by atoms with Gasteiger partial charge in [-0.15, -0.1) is 0 Å². The van der Waals surface area contributed by atoms with Crippen molar-refractivity contribution in [3.8, 4) is 0 Å². The topological polar surface area (TPSA) is 92.2 Å². The molecule has 0 amide bonds. The number of nitrogen functional groups attached to an aromatic ring is 1. The first-order valence-electron chi connectivity index (χ1n) is 11.1. The van der Waals surface area contributed by atoms with Crippen LogP contribution in [0.3, 0.4) is 0 Å². The SMILES string of the molecule is C=CC(=C)CCNCC1CN(C[C@H]2C[C@@H](n3cc(Br)c4c(N)ncnc43)[C@H](O)[C@@H]2C)C1. The van der Waals surface area contributed by atoms with Crippen molar-refractivity contribution in [2.75, 3.05) is 38.5 Å². The zero-order valence-electron chi connectivity index (χ0n) is 18.2. The van der Waals surface area contributed by atoms with E-state index in [-0.39, 0.29) is 12.0 Å². The number of likely N-dealkylation sites (tertiary alicyclic amines) is 1. The lowest BCUT2D eigenvalue weighted by Gasteiger charge is -2.41. The third-order valence-electron chi connectivity index (χ3n) is 7.04. The van der Waals surface area contributed by atoms with E-state index in [0.717, 1.165) is 66.6 Å². The van der Waals surface area contributed by atoms with Crippen LogP contribution in [0, 0.1) is 17.8 Å². The second-order valence-electron chi connectivity index (χ2n) is 9.16. The van der Waals surface area contributed by atoms with Gasteiger partial charge in [-0.1, -0.05) is 31.7 Å². The van der Waals surface area contributed by atoms with Crippen LogP contribution in [0.15, 0.2) is 41.8 Å². The average molecular weight is 489 g/mol. The number of allylic oxidation sites excluding steroid dienone is 1. The van der Waals surface area contributed by atoms with Crippen LogP contribution in [-0.4, -0.2) is 63.4 Å². The molecule has 1 aliphatic carbocycles. The van der Waals surface area contributed by atoms with E-state index in [2.05, 4.69) is 60.8 Å². The van der Waals surface area contributed by atoms with E-state index in [0.29, 0.717) is 17.7 Å². The van der Waals surface area contributed by atoms with Gasteiger partial charge in [0.25, 0.3) is 0 Å². The molecule has 168 valence electrons. The Balaban J connectivity index is 1.31. The van der Waals surface area contributed by atoms with Crippen LogP contribution in [0.4, 0.5) is 5.82 Å². The predicted molar refractivity (Wildman–Crippen MR) is 129 cm³/mol. The van der Waals surface area contributed by atoms with Crippen LogP contribution in [-0.2, 0) is 0 Å². The van der Waals surface area contributed by atoms with Gasteiger partial charge < -0.3 is 25.6 Å². The lowest BCUT2D eigenvalue weighted by molar-refractivity contribution is 0.0577. The maximum absolute atomic E-state index is 11.0. The van der Waals surface area contributed by atoms with Gasteiger partial charge in [0.05, 0.1) is 17.5 Å². The van der Waals surface area contributed by atoms with Gasteiger partial charge in [0.15, 0.2) is 0 Å². The molecule has 1 aliphatic heterocycles. The molecule has 0 bridgehead atoms. The van der Waals surface area contributed by atoms with Crippen LogP contribution in [0.25, 0.3) is 11.0 Å². The molecular formula is C23H33BrN6O. The van der Waals surface area contributed by atoms with E-state index in [4.69, 9.17) is 5.73 Å². The van der Waals surface area contributed by atoms with Crippen molar-refractivity contribution in [1.82, 2.24) is 24.8 Å². The van der Waals surface area contributed by atoms with E-state index in [1.165, 1.54) is 6.33 Å². The Morgan fingerprint density at radius 2 is 2.19 bits per heavy atom. The maximum Gasteiger partial charge on any atom is 0.146 e. The first kappa shape index (κ1) is 22.5. The summed E-state index contributed by atoms with van der Waals surface area (Å²) in [5, 5.41) is 15.4. The van der Waals surface area contributed by atoms with Gasteiger partial charge in [-0.3, -0.25) is 0 Å². The van der Waals surface area contributed by atoms with Gasteiger partial charge >= 0.3 is 0 Å². The lowest BCUT2D eigenvalue weighted by Crippen LogP contribution is -2.52. The fraction of sp³-hybridized carbons (Fsp3) is 0.565. The number of fused-ring (bicyclic) bond motifs is 1. The van der Waals surface area contributed by atoms with E-state index < -0.39 is 6.10 Å². The van der Waals surface area contributed by atoms with Crippen LogP contribution in [0.5, 0.6) is 0 Å². The molecule has 3 heterocycles. The van der Waals surface area contributed by atoms with Crippen molar-refractivity contribution in [2.24, 2.45) is 17.8 Å². The van der Waals surface area contributed by atoms with E-state index in [1.54, 1.807) is 0 Å². The number of aromatic nitrogens is 3. The van der Waals surface area contributed by atoms with Crippen molar-refractivity contribution < 1.29 is 5.11 Å². The molecule has 2 aliphatic rings. The minimum Gasteiger partial charge on any atom is -0.391 e. The van der Waals surface area contributed by atoms with Crippen molar-refractivity contribution in [3.05, 3.63) is 41.8 Å². The number of nitrogens with two attached hydrogens (primary N) is 1. The molecule has 4 N–H and O–H groups in total. The summed E-state index contributed by atoms with van der Waals surface area (Å²) in [7, 11) is 0. The molecule has 2 aromatic rings. The highest BCUT2D eigenvalue weighted by atomic mass is 79.9. The third-order valence-corrected chi connectivity index (χ3v) is 7.64. The molecule has 0 radical (unpaired) electrons. The first-order chi connectivity index (χ1) is 14.9. The summed E-state index contributed by atoms with van der Waals surface area (Å²) in [6.45, 7) is 15.2. The molecule has 0 unspecified atom stereocenters. The molecule has 8 heteroatoms. The normalized spacial score (nSPS) is 26.9. The quantitative estimate of drug-likeness (QED) is 0.371. The van der Waals surface area contributed by atoms with Crippen molar-refractivity contribution in [3.63, 3.8) is 0 Å². The fourth-order valence-corrected chi connectivity index (χ4v) is 5.67. The van der Waals surface area contributed by atoms with Crippen molar-refractivity contribution >= 4 is 32.8 Å². The molecule has 4 atom stereocenters. The Kier molecular flexibility index (Phi) is 6.81.